The van der Waals surface area contributed by atoms with E-state index >= 15 is 0 Å². The van der Waals surface area contributed by atoms with E-state index in [1.54, 1.807) is 50.7 Å². The first kappa shape index (κ1) is 23.4. The molecule has 0 radical (unpaired) electrons. The van der Waals surface area contributed by atoms with Crippen molar-refractivity contribution in [2.24, 2.45) is 22.3 Å². The van der Waals surface area contributed by atoms with E-state index in [1.165, 1.54) is 0 Å². The van der Waals surface area contributed by atoms with Gasteiger partial charge in [-0.1, -0.05) is 59.7 Å². The number of rotatable bonds is 8. The van der Waals surface area contributed by atoms with Crippen LogP contribution in [-0.4, -0.2) is 34.9 Å². The fourth-order valence-corrected chi connectivity index (χ4v) is 3.70. The number of Topliss-reactive ketones (excluding diaryl/α,β-unsaturated/α-hetero) is 2. The van der Waals surface area contributed by atoms with Gasteiger partial charge >= 0.3 is 0 Å². The number of carbonyl (C=O) groups is 2. The van der Waals surface area contributed by atoms with Crippen molar-refractivity contribution >= 4 is 29.2 Å². The van der Waals surface area contributed by atoms with E-state index in [4.69, 9.17) is 16.9 Å². The van der Waals surface area contributed by atoms with Gasteiger partial charge < -0.3 is 11.5 Å². The highest BCUT2D eigenvalue weighted by Crippen LogP contribution is 2.27. The molecular formula is C21H33N3O2S. The first-order valence-electron chi connectivity index (χ1n) is 9.15. The molecule has 0 saturated heterocycles. The molecule has 0 fully saturated rings. The maximum Gasteiger partial charge on any atom is 0.180 e. The van der Waals surface area contributed by atoms with E-state index in [0.29, 0.717) is 6.42 Å². The number of carbonyl (C=O) groups excluding carboxylic acids is 2. The van der Waals surface area contributed by atoms with Crippen LogP contribution < -0.4 is 11.5 Å². The molecule has 5 nitrogen and oxygen atoms in total. The van der Waals surface area contributed by atoms with Crippen molar-refractivity contribution in [1.29, 1.82) is 5.41 Å². The zero-order chi connectivity index (χ0) is 21.0. The molecule has 1 rings (SSSR count). The zero-order valence-corrected chi connectivity index (χ0v) is 18.1. The highest BCUT2D eigenvalue weighted by Gasteiger charge is 2.31. The predicted molar refractivity (Wildman–Crippen MR) is 115 cm³/mol. The molecule has 5 N–H and O–H groups in total. The quantitative estimate of drug-likeness (QED) is 0.270. The molecule has 27 heavy (non-hydrogen) atoms. The first-order valence-corrected chi connectivity index (χ1v) is 10.3. The molecule has 0 aromatic heterocycles. The van der Waals surface area contributed by atoms with E-state index in [2.05, 4.69) is 20.8 Å². The molecule has 1 atom stereocenters. The van der Waals surface area contributed by atoms with Crippen molar-refractivity contribution in [3.63, 3.8) is 0 Å². The van der Waals surface area contributed by atoms with Crippen LogP contribution in [0.25, 0.3) is 0 Å². The minimum Gasteiger partial charge on any atom is -0.384 e. The highest BCUT2D eigenvalue weighted by molar-refractivity contribution is 7.99. The summed E-state index contributed by atoms with van der Waals surface area (Å²) in [7, 11) is 0. The molecule has 0 aliphatic rings. The van der Waals surface area contributed by atoms with Crippen molar-refractivity contribution in [3.8, 4) is 0 Å². The lowest BCUT2D eigenvalue weighted by atomic mass is 9.81. The average Bonchev–Trinajstić information content (AvgIpc) is 2.54. The Labute approximate surface area is 167 Å². The summed E-state index contributed by atoms with van der Waals surface area (Å²) in [5.41, 5.74) is 12.1. The van der Waals surface area contributed by atoms with Crippen LogP contribution in [0.5, 0.6) is 0 Å². The monoisotopic (exact) mass is 391 g/mol. The summed E-state index contributed by atoms with van der Waals surface area (Å²) in [5, 5.41) is 7.79. The Hall–Kier alpha value is -1.66. The van der Waals surface area contributed by atoms with Gasteiger partial charge in [-0.05, 0) is 23.3 Å². The second-order valence-corrected chi connectivity index (χ2v) is 10.2. The van der Waals surface area contributed by atoms with E-state index in [0.717, 1.165) is 11.5 Å². The summed E-state index contributed by atoms with van der Waals surface area (Å²) in [6.07, 6.45) is 0.535. The molecule has 0 unspecified atom stereocenters. The second-order valence-electron chi connectivity index (χ2n) is 9.09. The van der Waals surface area contributed by atoms with Gasteiger partial charge in [0, 0.05) is 22.1 Å². The molecular weight excluding hydrogens is 358 g/mol. The normalized spacial score (nSPS) is 13.3. The fourth-order valence-electron chi connectivity index (χ4n) is 2.52. The molecule has 0 saturated carbocycles. The molecule has 0 aliphatic carbocycles. The van der Waals surface area contributed by atoms with Crippen molar-refractivity contribution in [1.82, 2.24) is 0 Å². The third-order valence-corrected chi connectivity index (χ3v) is 5.57. The molecule has 6 heteroatoms. The van der Waals surface area contributed by atoms with Gasteiger partial charge in [0.2, 0.25) is 0 Å². The van der Waals surface area contributed by atoms with E-state index in [9.17, 15) is 9.59 Å². The number of thioether (sulfide) groups is 1. The second kappa shape index (κ2) is 9.02. The topological polar surface area (TPSA) is 110 Å². The van der Waals surface area contributed by atoms with Crippen LogP contribution in [0.4, 0.5) is 0 Å². The van der Waals surface area contributed by atoms with Gasteiger partial charge in [0.15, 0.2) is 11.6 Å². The molecule has 0 aliphatic heterocycles. The van der Waals surface area contributed by atoms with Crippen LogP contribution in [0.15, 0.2) is 18.2 Å². The summed E-state index contributed by atoms with van der Waals surface area (Å²) in [6.45, 7) is 11.9. The minimum absolute atomic E-state index is 0.209. The third-order valence-electron chi connectivity index (χ3n) is 3.97. The van der Waals surface area contributed by atoms with Gasteiger partial charge in [-0.25, -0.2) is 0 Å². The molecule has 0 bridgehead atoms. The van der Waals surface area contributed by atoms with Crippen LogP contribution in [0.3, 0.4) is 0 Å². The minimum atomic E-state index is -0.701. The molecule has 0 amide bonds. The smallest absolute Gasteiger partial charge is 0.180 e. The lowest BCUT2D eigenvalue weighted by molar-refractivity contribution is 0.0848. The fraction of sp³-hybridized carbons (Fsp3) is 0.571. The lowest BCUT2D eigenvalue weighted by Gasteiger charge is -2.22. The maximum atomic E-state index is 13.0. The number of amidine groups is 1. The van der Waals surface area contributed by atoms with Crippen LogP contribution in [0, 0.1) is 16.2 Å². The maximum absolute atomic E-state index is 13.0. The number of hydrogen-bond donors (Lipinski definition) is 3. The Morgan fingerprint density at radius 3 is 2.15 bits per heavy atom. The largest absolute Gasteiger partial charge is 0.384 e. The van der Waals surface area contributed by atoms with Crippen molar-refractivity contribution in [2.75, 3.05) is 11.5 Å². The molecule has 0 heterocycles. The molecule has 0 spiro atoms. The van der Waals surface area contributed by atoms with Crippen LogP contribution in [0.2, 0.25) is 0 Å². The Morgan fingerprint density at radius 1 is 1.11 bits per heavy atom. The Kier molecular flexibility index (Phi) is 7.81. The molecule has 1 aromatic rings. The standard InChI is InChI=1S/C21H33N3O2S/c1-20(2,3)12-27-11-10-15(22)17(25)13-8-7-9-14(19(23)24)16(13)18(26)21(4,5)6/h7-9,15H,10-12,22H2,1-6H3,(H3,23,24)/t15-/m0/s1. The summed E-state index contributed by atoms with van der Waals surface area (Å²) >= 11 is 1.77. The van der Waals surface area contributed by atoms with Crippen molar-refractivity contribution in [2.45, 2.75) is 54.0 Å². The molecule has 150 valence electrons. The van der Waals surface area contributed by atoms with Gasteiger partial charge in [-0.2, -0.15) is 11.8 Å². The van der Waals surface area contributed by atoms with E-state index in [1.807, 2.05) is 0 Å². The predicted octanol–water partition coefficient (Wildman–Crippen LogP) is 3.88. The van der Waals surface area contributed by atoms with Gasteiger partial charge in [0.1, 0.15) is 5.84 Å². The number of nitrogens with two attached hydrogens (primary N) is 2. The number of benzene rings is 1. The summed E-state index contributed by atoms with van der Waals surface area (Å²) in [5.74, 6) is 1.04. The van der Waals surface area contributed by atoms with Crippen molar-refractivity contribution in [3.05, 3.63) is 34.9 Å². The number of nitrogen functional groups attached to an aromatic ring is 1. The Bertz CT molecular complexity index is 715. The lowest BCUT2D eigenvalue weighted by Crippen LogP contribution is -2.34. The number of nitrogens with one attached hydrogen (secondary N) is 1. The zero-order valence-electron chi connectivity index (χ0n) is 17.3. The van der Waals surface area contributed by atoms with Crippen LogP contribution in [-0.2, 0) is 0 Å². The van der Waals surface area contributed by atoms with Gasteiger partial charge in [-0.15, -0.1) is 0 Å². The summed E-state index contributed by atoms with van der Waals surface area (Å²) < 4.78 is 0. The Balaban J connectivity index is 3.10. The highest BCUT2D eigenvalue weighted by atomic mass is 32.2. The third kappa shape index (κ3) is 6.78. The summed E-state index contributed by atoms with van der Waals surface area (Å²) in [4.78, 5) is 25.9. The number of hydrogen-bond acceptors (Lipinski definition) is 5. The number of ketones is 2. The van der Waals surface area contributed by atoms with Crippen LogP contribution >= 0.6 is 11.8 Å². The van der Waals surface area contributed by atoms with Gasteiger partial charge in [0.05, 0.1) is 6.04 Å². The SMILES string of the molecule is CC(C)(C)CSCC[C@H](N)C(=O)c1cccc(C(=N)N)c1C(=O)C(C)(C)C. The van der Waals surface area contributed by atoms with E-state index in [-0.39, 0.29) is 39.5 Å². The van der Waals surface area contributed by atoms with Crippen LogP contribution in [0.1, 0.15) is 74.2 Å². The van der Waals surface area contributed by atoms with Gasteiger partial charge in [0.25, 0.3) is 0 Å². The van der Waals surface area contributed by atoms with Crippen molar-refractivity contribution < 1.29 is 9.59 Å². The summed E-state index contributed by atoms with van der Waals surface area (Å²) in [6, 6.07) is 4.16. The molecule has 1 aromatic carbocycles. The average molecular weight is 392 g/mol. The first-order chi connectivity index (χ1) is 12.3. The van der Waals surface area contributed by atoms with Gasteiger partial charge in [-0.3, -0.25) is 15.0 Å². The van der Waals surface area contributed by atoms with E-state index < -0.39 is 11.5 Å². The Morgan fingerprint density at radius 2 is 1.67 bits per heavy atom.